The predicted molar refractivity (Wildman–Crippen MR) is 89.8 cm³/mol. The maximum absolute atomic E-state index is 10.2. The molecule has 2 aromatic rings. The summed E-state index contributed by atoms with van der Waals surface area (Å²) in [4.78, 5) is 8.49. The summed E-state index contributed by atoms with van der Waals surface area (Å²) < 4.78 is 12.2. The zero-order valence-corrected chi connectivity index (χ0v) is 14.0. The largest absolute Gasteiger partial charge is 0.392 e. The van der Waals surface area contributed by atoms with Crippen molar-refractivity contribution in [1.82, 2.24) is 14.5 Å². The number of hydrogen-bond donors (Lipinski definition) is 4. The Labute approximate surface area is 144 Å². The predicted octanol–water partition coefficient (Wildman–Crippen LogP) is 0.00490. The van der Waals surface area contributed by atoms with Crippen molar-refractivity contribution in [3.63, 3.8) is 0 Å². The average molecular weight is 350 g/mol. The molecule has 0 radical (unpaired) electrons. The number of aliphatic hydroxyl groups is 3. The highest BCUT2D eigenvalue weighted by atomic mass is 16.7. The molecule has 4 atom stereocenters. The quantitative estimate of drug-likeness (QED) is 0.537. The van der Waals surface area contributed by atoms with E-state index in [1.165, 1.54) is 13.4 Å². The van der Waals surface area contributed by atoms with Gasteiger partial charge in [0.1, 0.15) is 30.0 Å². The van der Waals surface area contributed by atoms with Gasteiger partial charge in [0.2, 0.25) is 0 Å². The Morgan fingerprint density at radius 2 is 2.20 bits per heavy atom. The highest BCUT2D eigenvalue weighted by molar-refractivity contribution is 5.87. The lowest BCUT2D eigenvalue weighted by molar-refractivity contribution is -0.160. The van der Waals surface area contributed by atoms with Crippen LogP contribution in [-0.2, 0) is 9.47 Å². The van der Waals surface area contributed by atoms with Crippen LogP contribution in [0.4, 0.5) is 5.82 Å². The second kappa shape index (κ2) is 7.46. The van der Waals surface area contributed by atoms with Gasteiger partial charge >= 0.3 is 0 Å². The molecule has 0 aliphatic carbocycles. The molecule has 0 saturated carbocycles. The Balaban J connectivity index is 1.86. The standard InChI is InChI=1S/C16H22N4O5/c1-9(7-21)3-5-17-13-10-4-6-20(14(10)19-8-18-13)15-11(22)12(23)16(24-2)25-15/h3-4,6,8,11-12,15-16,21-23H,5,7H2,1-2H3,(H,17,18,19)/b9-3+/t11-,12+,15?,16+/m0/s1. The Kier molecular flexibility index (Phi) is 5.30. The topological polar surface area (TPSA) is 122 Å². The Hall–Kier alpha value is -2.04. The van der Waals surface area contributed by atoms with Gasteiger partial charge in [0.05, 0.1) is 12.0 Å². The highest BCUT2D eigenvalue weighted by Gasteiger charge is 2.44. The fourth-order valence-corrected chi connectivity index (χ4v) is 2.76. The van der Waals surface area contributed by atoms with E-state index in [0.717, 1.165) is 11.0 Å². The van der Waals surface area contributed by atoms with Crippen LogP contribution in [0.15, 0.2) is 30.2 Å². The number of rotatable bonds is 6. The third-order valence-corrected chi connectivity index (χ3v) is 4.18. The van der Waals surface area contributed by atoms with E-state index in [1.807, 2.05) is 19.1 Å². The fraction of sp³-hybridized carbons (Fsp3) is 0.500. The van der Waals surface area contributed by atoms with E-state index in [1.54, 1.807) is 10.8 Å². The van der Waals surface area contributed by atoms with E-state index in [-0.39, 0.29) is 6.61 Å². The number of fused-ring (bicyclic) bond motifs is 1. The number of hydrogen-bond acceptors (Lipinski definition) is 8. The van der Waals surface area contributed by atoms with Gasteiger partial charge in [-0.25, -0.2) is 9.97 Å². The number of ether oxygens (including phenoxy) is 2. The van der Waals surface area contributed by atoms with Gasteiger partial charge in [0.25, 0.3) is 0 Å². The molecule has 1 aliphatic heterocycles. The third-order valence-electron chi connectivity index (χ3n) is 4.18. The molecule has 136 valence electrons. The second-order valence-corrected chi connectivity index (χ2v) is 5.88. The van der Waals surface area contributed by atoms with Crippen LogP contribution in [0, 0.1) is 0 Å². The number of methoxy groups -OCH3 is 1. The van der Waals surface area contributed by atoms with Crippen molar-refractivity contribution >= 4 is 16.9 Å². The minimum Gasteiger partial charge on any atom is -0.392 e. The summed E-state index contributed by atoms with van der Waals surface area (Å²) >= 11 is 0. The molecule has 0 aromatic carbocycles. The number of aromatic nitrogens is 3. The molecule has 0 bridgehead atoms. The minimum absolute atomic E-state index is 0.0111. The van der Waals surface area contributed by atoms with E-state index in [9.17, 15) is 10.2 Å². The van der Waals surface area contributed by atoms with Crippen LogP contribution in [0.1, 0.15) is 13.2 Å². The Bertz CT molecular complexity index is 762. The van der Waals surface area contributed by atoms with E-state index in [4.69, 9.17) is 14.6 Å². The van der Waals surface area contributed by atoms with Gasteiger partial charge in [-0.3, -0.25) is 0 Å². The molecule has 4 N–H and O–H groups in total. The van der Waals surface area contributed by atoms with Crippen LogP contribution >= 0.6 is 0 Å². The molecular formula is C16H22N4O5. The summed E-state index contributed by atoms with van der Waals surface area (Å²) in [6.45, 7) is 2.36. The molecule has 0 spiro atoms. The van der Waals surface area contributed by atoms with Crippen molar-refractivity contribution in [2.24, 2.45) is 0 Å². The van der Waals surface area contributed by atoms with Crippen LogP contribution in [-0.4, -0.2) is 68.6 Å². The summed E-state index contributed by atoms with van der Waals surface area (Å²) in [5.74, 6) is 0.627. The third kappa shape index (κ3) is 3.37. The van der Waals surface area contributed by atoms with Gasteiger partial charge in [-0.2, -0.15) is 0 Å². The lowest BCUT2D eigenvalue weighted by Gasteiger charge is -2.17. The molecule has 25 heavy (non-hydrogen) atoms. The minimum atomic E-state index is -1.14. The van der Waals surface area contributed by atoms with E-state index < -0.39 is 24.7 Å². The maximum atomic E-state index is 10.2. The fourth-order valence-electron chi connectivity index (χ4n) is 2.76. The Morgan fingerprint density at radius 1 is 1.40 bits per heavy atom. The van der Waals surface area contributed by atoms with Crippen molar-refractivity contribution in [2.45, 2.75) is 31.6 Å². The molecule has 1 saturated heterocycles. The normalized spacial score (nSPS) is 27.2. The van der Waals surface area contributed by atoms with Crippen molar-refractivity contribution in [1.29, 1.82) is 0 Å². The van der Waals surface area contributed by atoms with Gasteiger partial charge in [-0.1, -0.05) is 11.6 Å². The number of nitrogens with zero attached hydrogens (tertiary/aromatic N) is 3. The lowest BCUT2D eigenvalue weighted by atomic mass is 10.2. The van der Waals surface area contributed by atoms with Gasteiger partial charge in [-0.05, 0) is 13.0 Å². The Morgan fingerprint density at radius 3 is 2.88 bits per heavy atom. The van der Waals surface area contributed by atoms with Gasteiger partial charge in [0.15, 0.2) is 12.5 Å². The maximum Gasteiger partial charge on any atom is 0.188 e. The van der Waals surface area contributed by atoms with Crippen molar-refractivity contribution in [3.05, 3.63) is 30.2 Å². The second-order valence-electron chi connectivity index (χ2n) is 5.88. The molecule has 0 amide bonds. The smallest absolute Gasteiger partial charge is 0.188 e. The average Bonchev–Trinajstić information content (AvgIpc) is 3.17. The molecule has 3 heterocycles. The first kappa shape index (κ1) is 17.8. The van der Waals surface area contributed by atoms with Crippen LogP contribution < -0.4 is 5.32 Å². The van der Waals surface area contributed by atoms with Crippen molar-refractivity contribution < 1.29 is 24.8 Å². The van der Waals surface area contributed by atoms with Crippen LogP contribution in [0.3, 0.4) is 0 Å². The van der Waals surface area contributed by atoms with Gasteiger partial charge in [0, 0.05) is 19.9 Å². The van der Waals surface area contributed by atoms with Crippen molar-refractivity contribution in [3.8, 4) is 0 Å². The molecule has 2 aromatic heterocycles. The summed E-state index contributed by atoms with van der Waals surface area (Å²) in [5.41, 5.74) is 1.42. The highest BCUT2D eigenvalue weighted by Crippen LogP contribution is 2.33. The number of nitrogens with one attached hydrogen (secondary N) is 1. The molecule has 9 nitrogen and oxygen atoms in total. The summed E-state index contributed by atoms with van der Waals surface area (Å²) in [6, 6.07) is 1.81. The van der Waals surface area contributed by atoms with Crippen LogP contribution in [0.5, 0.6) is 0 Å². The van der Waals surface area contributed by atoms with E-state index >= 15 is 0 Å². The summed E-state index contributed by atoms with van der Waals surface area (Å²) in [6.07, 6.45) is 1.02. The molecule has 9 heteroatoms. The number of aliphatic hydroxyl groups excluding tert-OH is 3. The molecule has 1 aliphatic rings. The first-order chi connectivity index (χ1) is 12.1. The molecule has 3 rings (SSSR count). The van der Waals surface area contributed by atoms with Gasteiger partial charge in [-0.15, -0.1) is 0 Å². The summed E-state index contributed by atoms with van der Waals surface area (Å²) in [5, 5.41) is 33.1. The number of anilines is 1. The first-order valence-electron chi connectivity index (χ1n) is 7.93. The lowest BCUT2D eigenvalue weighted by Crippen LogP contribution is -2.32. The molecule has 1 unspecified atom stereocenters. The zero-order chi connectivity index (χ0) is 18.0. The molecule has 1 fully saturated rings. The van der Waals surface area contributed by atoms with Crippen LogP contribution in [0.2, 0.25) is 0 Å². The SMILES string of the molecule is CO[C@@H]1OC(n2ccc3c(NC/C=C(\C)CO)ncnc32)[C@@H](O)[C@H]1O. The molecular weight excluding hydrogens is 328 g/mol. The first-order valence-corrected chi connectivity index (χ1v) is 7.93. The van der Waals surface area contributed by atoms with E-state index in [2.05, 4.69) is 15.3 Å². The zero-order valence-electron chi connectivity index (χ0n) is 14.0. The van der Waals surface area contributed by atoms with E-state index in [0.29, 0.717) is 18.0 Å². The van der Waals surface area contributed by atoms with Gasteiger partial charge < -0.3 is 34.7 Å². The van der Waals surface area contributed by atoms with Crippen LogP contribution in [0.25, 0.3) is 11.0 Å². The van der Waals surface area contributed by atoms with Crippen molar-refractivity contribution in [2.75, 3.05) is 25.6 Å². The summed E-state index contributed by atoms with van der Waals surface area (Å²) in [7, 11) is 1.41. The monoisotopic (exact) mass is 350 g/mol.